The molecule has 0 fully saturated rings. The largest absolute Gasteiger partial charge is 0.496 e. The number of likely N-dealkylation sites (N-methyl/N-ethyl adjacent to an activating group) is 1. The molecule has 0 spiro atoms. The number of carbonyl (C=O) groups is 4. The predicted octanol–water partition coefficient (Wildman–Crippen LogP) is 4.61. The minimum absolute atomic E-state index is 0.0151. The van der Waals surface area contributed by atoms with Gasteiger partial charge in [0.15, 0.2) is 0 Å². The van der Waals surface area contributed by atoms with Gasteiger partial charge in [0.25, 0.3) is 5.91 Å². The van der Waals surface area contributed by atoms with Crippen LogP contribution in [0.4, 0.5) is 16.2 Å². The van der Waals surface area contributed by atoms with Gasteiger partial charge in [-0.3, -0.25) is 24.3 Å². The molecule has 0 radical (unpaired) electrons. The number of halogens is 1. The topological polar surface area (TPSA) is 132 Å². The standard InChI is InChI=1S/C33H32BrN5O6/c1-20(37(2)33(43)44)31(41)36-26-19-38(30(40)15-21-7-6-14-35-17-21)27-8-4-5-9-28(27)39(32(26)42)18-25-24-12-11-23(34)16-22(24)10-13-29(25)45-3/h4-14,16-17,20,26H,15,18-19H2,1-3H3,(H,36,41)(H,43,44)/t20-,26-/m0/s1. The molecule has 0 bridgehead atoms. The van der Waals surface area contributed by atoms with Gasteiger partial charge in [-0.25, -0.2) is 4.79 Å². The Morgan fingerprint density at radius 3 is 2.56 bits per heavy atom. The molecule has 5 rings (SSSR count). The van der Waals surface area contributed by atoms with Gasteiger partial charge in [0, 0.05) is 29.5 Å². The summed E-state index contributed by atoms with van der Waals surface area (Å²) in [6.45, 7) is 1.33. The number of fused-ring (bicyclic) bond motifs is 2. The molecule has 0 aliphatic carbocycles. The molecular formula is C33H32BrN5O6. The van der Waals surface area contributed by atoms with Gasteiger partial charge in [-0.1, -0.05) is 46.3 Å². The van der Waals surface area contributed by atoms with Gasteiger partial charge in [-0.15, -0.1) is 0 Å². The Morgan fingerprint density at radius 1 is 1.11 bits per heavy atom. The molecule has 2 N–H and O–H groups in total. The lowest BCUT2D eigenvalue weighted by molar-refractivity contribution is -0.130. The predicted molar refractivity (Wildman–Crippen MR) is 173 cm³/mol. The van der Waals surface area contributed by atoms with Crippen LogP contribution in [-0.2, 0) is 27.3 Å². The summed E-state index contributed by atoms with van der Waals surface area (Å²) in [5.41, 5.74) is 2.40. The molecule has 0 saturated heterocycles. The van der Waals surface area contributed by atoms with Crippen molar-refractivity contribution in [2.24, 2.45) is 0 Å². The normalized spacial score (nSPS) is 15.2. The number of benzene rings is 3. The number of anilines is 2. The zero-order valence-corrected chi connectivity index (χ0v) is 26.5. The third kappa shape index (κ3) is 6.60. The van der Waals surface area contributed by atoms with Crippen LogP contribution in [0.5, 0.6) is 5.75 Å². The number of nitrogens with zero attached hydrogens (tertiary/aromatic N) is 4. The van der Waals surface area contributed by atoms with E-state index in [4.69, 9.17) is 4.74 Å². The zero-order chi connectivity index (χ0) is 32.2. The van der Waals surface area contributed by atoms with Crippen molar-refractivity contribution in [3.05, 3.63) is 94.7 Å². The lowest BCUT2D eigenvalue weighted by Crippen LogP contribution is -2.56. The number of carboxylic acid groups (broad SMARTS) is 1. The van der Waals surface area contributed by atoms with E-state index in [9.17, 15) is 24.3 Å². The first kappa shape index (κ1) is 31.5. The Balaban J connectivity index is 1.61. The maximum absolute atomic E-state index is 14.5. The molecule has 0 saturated carbocycles. The number of amides is 4. The molecule has 1 aromatic heterocycles. The molecular weight excluding hydrogens is 642 g/mol. The second-order valence-corrected chi connectivity index (χ2v) is 11.6. The van der Waals surface area contributed by atoms with Crippen molar-refractivity contribution < 1.29 is 29.0 Å². The van der Waals surface area contributed by atoms with E-state index in [1.165, 1.54) is 18.9 Å². The number of nitrogens with one attached hydrogen (secondary N) is 1. The first-order chi connectivity index (χ1) is 21.6. The molecule has 2 heterocycles. The van der Waals surface area contributed by atoms with E-state index in [1.54, 1.807) is 60.8 Å². The highest BCUT2D eigenvalue weighted by Gasteiger charge is 2.38. The zero-order valence-electron chi connectivity index (χ0n) is 24.9. The number of rotatable bonds is 8. The second kappa shape index (κ2) is 13.3. The minimum atomic E-state index is -1.29. The monoisotopic (exact) mass is 673 g/mol. The number of pyridine rings is 1. The van der Waals surface area contributed by atoms with Crippen LogP contribution in [-0.4, -0.2) is 71.6 Å². The summed E-state index contributed by atoms with van der Waals surface area (Å²) in [6, 6.07) is 17.9. The molecule has 45 heavy (non-hydrogen) atoms. The Labute approximate surface area is 268 Å². The van der Waals surface area contributed by atoms with Crippen molar-refractivity contribution in [2.45, 2.75) is 32.0 Å². The van der Waals surface area contributed by atoms with Crippen molar-refractivity contribution in [2.75, 3.05) is 30.5 Å². The summed E-state index contributed by atoms with van der Waals surface area (Å²) >= 11 is 3.52. The average Bonchev–Trinajstić information content (AvgIpc) is 3.15. The highest BCUT2D eigenvalue weighted by atomic mass is 79.9. The van der Waals surface area contributed by atoms with E-state index in [2.05, 4.69) is 26.2 Å². The first-order valence-corrected chi connectivity index (χ1v) is 15.0. The number of ether oxygens (including phenoxy) is 1. The maximum Gasteiger partial charge on any atom is 0.407 e. The summed E-state index contributed by atoms with van der Waals surface area (Å²) in [5, 5.41) is 14.0. The van der Waals surface area contributed by atoms with E-state index in [0.717, 1.165) is 25.7 Å². The van der Waals surface area contributed by atoms with Gasteiger partial charge in [-0.05, 0) is 59.7 Å². The average molecular weight is 675 g/mol. The Hall–Kier alpha value is -4.97. The van der Waals surface area contributed by atoms with Crippen LogP contribution < -0.4 is 19.9 Å². The van der Waals surface area contributed by atoms with Crippen LogP contribution >= 0.6 is 15.9 Å². The molecule has 11 nitrogen and oxygen atoms in total. The van der Waals surface area contributed by atoms with Crippen LogP contribution in [0, 0.1) is 0 Å². The van der Waals surface area contributed by atoms with Crippen molar-refractivity contribution >= 4 is 61.9 Å². The maximum atomic E-state index is 14.5. The van der Waals surface area contributed by atoms with Gasteiger partial charge in [-0.2, -0.15) is 0 Å². The summed E-state index contributed by atoms with van der Waals surface area (Å²) < 4.78 is 6.62. The minimum Gasteiger partial charge on any atom is -0.496 e. The Bertz CT molecular complexity index is 1770. The smallest absolute Gasteiger partial charge is 0.407 e. The van der Waals surface area contributed by atoms with Crippen LogP contribution in [0.1, 0.15) is 18.1 Å². The van der Waals surface area contributed by atoms with Crippen LogP contribution in [0.25, 0.3) is 10.8 Å². The molecule has 12 heteroatoms. The number of carbonyl (C=O) groups excluding carboxylic acids is 3. The SMILES string of the molecule is COc1ccc2cc(Br)ccc2c1CN1C(=O)[C@@H](NC(=O)[C@H](C)N(C)C(=O)O)CN(C(=O)Cc2cccnc2)c2ccccc21. The fourth-order valence-corrected chi connectivity index (χ4v) is 5.74. The molecule has 4 aromatic rings. The van der Waals surface area contributed by atoms with Crippen LogP contribution in [0.3, 0.4) is 0 Å². The molecule has 0 unspecified atom stereocenters. The van der Waals surface area contributed by atoms with Crippen molar-refractivity contribution in [1.29, 1.82) is 0 Å². The van der Waals surface area contributed by atoms with Crippen molar-refractivity contribution in [1.82, 2.24) is 15.2 Å². The number of aromatic nitrogens is 1. The summed E-state index contributed by atoms with van der Waals surface area (Å²) in [7, 11) is 2.84. The van der Waals surface area contributed by atoms with Gasteiger partial charge >= 0.3 is 6.09 Å². The molecule has 1 aliphatic rings. The van der Waals surface area contributed by atoms with Crippen LogP contribution in [0.15, 0.2) is 83.6 Å². The van der Waals surface area contributed by atoms with E-state index in [-0.39, 0.29) is 25.4 Å². The quantitative estimate of drug-likeness (QED) is 0.279. The Kier molecular flexibility index (Phi) is 9.33. The molecule has 2 atom stereocenters. The molecule has 3 aromatic carbocycles. The van der Waals surface area contributed by atoms with Crippen molar-refractivity contribution in [3.63, 3.8) is 0 Å². The van der Waals surface area contributed by atoms with E-state index < -0.39 is 30.0 Å². The third-order valence-corrected chi connectivity index (χ3v) is 8.43. The summed E-state index contributed by atoms with van der Waals surface area (Å²) in [6.07, 6.45) is 1.95. The van der Waals surface area contributed by atoms with E-state index in [1.807, 2.05) is 30.3 Å². The number of hydrogen-bond donors (Lipinski definition) is 2. The van der Waals surface area contributed by atoms with E-state index in [0.29, 0.717) is 22.7 Å². The van der Waals surface area contributed by atoms with Crippen LogP contribution in [0.2, 0.25) is 0 Å². The summed E-state index contributed by atoms with van der Waals surface area (Å²) in [4.78, 5) is 61.2. The third-order valence-electron chi connectivity index (χ3n) is 7.94. The number of hydrogen-bond acceptors (Lipinski definition) is 6. The van der Waals surface area contributed by atoms with Gasteiger partial charge in [0.2, 0.25) is 11.8 Å². The first-order valence-electron chi connectivity index (χ1n) is 14.2. The number of para-hydroxylation sites is 2. The van der Waals surface area contributed by atoms with Gasteiger partial charge < -0.3 is 25.0 Å². The lowest BCUT2D eigenvalue weighted by atomic mass is 10.0. The summed E-state index contributed by atoms with van der Waals surface area (Å²) in [5.74, 6) is -0.862. The highest BCUT2D eigenvalue weighted by Crippen LogP contribution is 2.37. The molecule has 232 valence electrons. The fraction of sp³-hybridized carbons (Fsp3) is 0.242. The van der Waals surface area contributed by atoms with Gasteiger partial charge in [0.1, 0.15) is 17.8 Å². The van der Waals surface area contributed by atoms with Crippen molar-refractivity contribution in [3.8, 4) is 5.75 Å². The van der Waals surface area contributed by atoms with E-state index >= 15 is 0 Å². The fourth-order valence-electron chi connectivity index (χ4n) is 5.36. The highest BCUT2D eigenvalue weighted by molar-refractivity contribution is 9.10. The number of methoxy groups -OCH3 is 1. The molecule has 4 amide bonds. The molecule has 1 aliphatic heterocycles. The second-order valence-electron chi connectivity index (χ2n) is 10.7. The Morgan fingerprint density at radius 2 is 1.87 bits per heavy atom. The van der Waals surface area contributed by atoms with Gasteiger partial charge in [0.05, 0.1) is 38.0 Å². The lowest BCUT2D eigenvalue weighted by Gasteiger charge is -2.28.